The van der Waals surface area contributed by atoms with Gasteiger partial charge in [-0.3, -0.25) is 0 Å². The Kier molecular flexibility index (Phi) is 4.73. The van der Waals surface area contributed by atoms with Gasteiger partial charge in [0.1, 0.15) is 5.60 Å². The fraction of sp³-hybridized carbons (Fsp3) is 0.312. The van der Waals surface area contributed by atoms with Gasteiger partial charge in [-0.05, 0) is 31.6 Å². The molecule has 2 rings (SSSR count). The van der Waals surface area contributed by atoms with Crippen LogP contribution in [0.25, 0.3) is 0 Å². The summed E-state index contributed by atoms with van der Waals surface area (Å²) >= 11 is 3.53. The summed E-state index contributed by atoms with van der Waals surface area (Å²) in [6.07, 6.45) is 12.0. The Bertz CT molecular complexity index is 595. The van der Waals surface area contributed by atoms with Crippen LogP contribution in [0, 0.1) is 0 Å². The van der Waals surface area contributed by atoms with Crippen LogP contribution in [0.15, 0.2) is 59.0 Å². The topological polar surface area (TPSA) is 64.3 Å². The summed E-state index contributed by atoms with van der Waals surface area (Å²) in [5.74, 6) is 0. The molecule has 0 aromatic rings. The van der Waals surface area contributed by atoms with Crippen molar-refractivity contribution >= 4 is 22.0 Å². The smallest absolute Gasteiger partial charge is 0.405 e. The molecule has 0 spiro atoms. The van der Waals surface area contributed by atoms with E-state index < -0.39 is 11.7 Å². The van der Waals surface area contributed by atoms with Gasteiger partial charge in [-0.15, -0.1) is 0 Å². The van der Waals surface area contributed by atoms with Gasteiger partial charge in [0.15, 0.2) is 0 Å². The molecule has 1 amide bonds. The van der Waals surface area contributed by atoms with E-state index in [-0.39, 0.29) is 0 Å². The Labute approximate surface area is 133 Å². The lowest BCUT2D eigenvalue weighted by molar-refractivity contribution is 0.0451. The monoisotopic (exact) mass is 350 g/mol. The molecule has 3 N–H and O–H groups in total. The van der Waals surface area contributed by atoms with Crippen LogP contribution in [0.5, 0.6) is 0 Å². The summed E-state index contributed by atoms with van der Waals surface area (Å²) in [4.78, 5) is 11.0. The molecule has 0 radical (unpaired) electrons. The normalized spacial score (nSPS) is 17.5. The molecule has 5 heteroatoms. The van der Waals surface area contributed by atoms with E-state index >= 15 is 0 Å². The van der Waals surface area contributed by atoms with Gasteiger partial charge in [0.25, 0.3) is 0 Å². The summed E-state index contributed by atoms with van der Waals surface area (Å²) in [7, 11) is 0. The third-order valence-electron chi connectivity index (χ3n) is 3.16. The number of primary amides is 1. The lowest BCUT2D eigenvalue weighted by atomic mass is 9.95. The van der Waals surface area contributed by atoms with Crippen molar-refractivity contribution in [1.29, 1.82) is 0 Å². The fourth-order valence-electron chi connectivity index (χ4n) is 2.41. The molecule has 112 valence electrons. The number of halogens is 1. The standard InChI is InChI=1S/C16H19BrN2O2/c1-16(2,21-15(18)20)9-12-8-11(10-17)13-6-4-3-5-7-14(13)19-12/h3-8,19H,9-10H2,1-2H3,(H2,18,20). The van der Waals surface area contributed by atoms with E-state index in [0.717, 1.165) is 22.3 Å². The van der Waals surface area contributed by atoms with E-state index in [1.165, 1.54) is 5.57 Å². The number of nitrogens with one attached hydrogen (secondary N) is 1. The lowest BCUT2D eigenvalue weighted by Gasteiger charge is -2.29. The molecule has 0 saturated heterocycles. The molecular weight excluding hydrogens is 332 g/mol. The number of dihydropyridines is 1. The van der Waals surface area contributed by atoms with E-state index in [9.17, 15) is 4.79 Å². The van der Waals surface area contributed by atoms with Crippen LogP contribution < -0.4 is 11.1 Å². The quantitative estimate of drug-likeness (QED) is 0.763. The summed E-state index contributed by atoms with van der Waals surface area (Å²) in [6.45, 7) is 3.68. The SMILES string of the molecule is CC(C)(CC1=CC(CBr)=C2C=CC=CC=C2N1)OC(N)=O. The third-order valence-corrected chi connectivity index (χ3v) is 3.77. The second-order valence-electron chi connectivity index (χ2n) is 5.55. The molecule has 4 nitrogen and oxygen atoms in total. The van der Waals surface area contributed by atoms with Crippen LogP contribution in [0.1, 0.15) is 20.3 Å². The number of carbonyl (C=O) groups excluding carboxylic acids is 1. The number of carbonyl (C=O) groups is 1. The largest absolute Gasteiger partial charge is 0.443 e. The maximum Gasteiger partial charge on any atom is 0.405 e. The molecule has 0 atom stereocenters. The molecule has 0 aromatic carbocycles. The highest BCUT2D eigenvalue weighted by atomic mass is 79.9. The van der Waals surface area contributed by atoms with Crippen LogP contribution >= 0.6 is 15.9 Å². The van der Waals surface area contributed by atoms with Gasteiger partial charge >= 0.3 is 6.09 Å². The van der Waals surface area contributed by atoms with E-state index in [4.69, 9.17) is 10.5 Å². The predicted molar refractivity (Wildman–Crippen MR) is 87.8 cm³/mol. The van der Waals surface area contributed by atoms with Crippen molar-refractivity contribution in [2.75, 3.05) is 5.33 Å². The average Bonchev–Trinajstić information content (AvgIpc) is 2.60. The molecule has 0 saturated carbocycles. The van der Waals surface area contributed by atoms with Crippen molar-refractivity contribution in [3.05, 3.63) is 59.0 Å². The highest BCUT2D eigenvalue weighted by Crippen LogP contribution is 2.29. The highest BCUT2D eigenvalue weighted by molar-refractivity contribution is 9.09. The number of nitrogens with two attached hydrogens (primary N) is 1. The fourth-order valence-corrected chi connectivity index (χ4v) is 2.87. The number of ether oxygens (including phenoxy) is 1. The van der Waals surface area contributed by atoms with E-state index in [0.29, 0.717) is 6.42 Å². The zero-order valence-electron chi connectivity index (χ0n) is 12.2. The van der Waals surface area contributed by atoms with Crippen LogP contribution in [0.3, 0.4) is 0 Å². The maximum absolute atomic E-state index is 11.0. The molecule has 1 aliphatic heterocycles. The zero-order chi connectivity index (χ0) is 15.5. The first-order valence-electron chi connectivity index (χ1n) is 6.72. The Morgan fingerprint density at radius 1 is 1.38 bits per heavy atom. The molecule has 2 aliphatic rings. The summed E-state index contributed by atoms with van der Waals surface area (Å²) in [6, 6.07) is 0. The number of alkyl halides is 1. The predicted octanol–water partition coefficient (Wildman–Crippen LogP) is 3.44. The second kappa shape index (κ2) is 6.35. The number of rotatable bonds is 4. The molecule has 1 aliphatic carbocycles. The van der Waals surface area contributed by atoms with Crippen LogP contribution in [0.4, 0.5) is 4.79 Å². The first-order valence-corrected chi connectivity index (χ1v) is 7.84. The van der Waals surface area contributed by atoms with Crippen molar-refractivity contribution in [1.82, 2.24) is 5.32 Å². The van der Waals surface area contributed by atoms with E-state index in [1.807, 2.05) is 38.2 Å². The number of amides is 1. The Hall–Kier alpha value is -1.75. The number of allylic oxidation sites excluding steroid dienone is 7. The Balaban J connectivity index is 2.27. The first kappa shape index (κ1) is 15.6. The molecule has 0 unspecified atom stereocenters. The minimum Gasteiger partial charge on any atom is -0.443 e. The van der Waals surface area contributed by atoms with Crippen molar-refractivity contribution in [3.8, 4) is 0 Å². The maximum atomic E-state index is 11.0. The van der Waals surface area contributed by atoms with Gasteiger partial charge in [0, 0.05) is 28.7 Å². The summed E-state index contributed by atoms with van der Waals surface area (Å²) in [5.41, 5.74) is 8.84. The van der Waals surface area contributed by atoms with Crippen molar-refractivity contribution in [3.63, 3.8) is 0 Å². The van der Waals surface area contributed by atoms with Crippen LogP contribution in [-0.2, 0) is 4.74 Å². The Morgan fingerprint density at radius 3 is 2.81 bits per heavy atom. The van der Waals surface area contributed by atoms with Gasteiger partial charge in [0.05, 0.1) is 0 Å². The van der Waals surface area contributed by atoms with Crippen LogP contribution in [-0.4, -0.2) is 17.0 Å². The highest BCUT2D eigenvalue weighted by Gasteiger charge is 2.26. The van der Waals surface area contributed by atoms with Gasteiger partial charge in [-0.2, -0.15) is 0 Å². The van der Waals surface area contributed by atoms with Crippen molar-refractivity contribution in [2.24, 2.45) is 5.73 Å². The van der Waals surface area contributed by atoms with Crippen molar-refractivity contribution < 1.29 is 9.53 Å². The molecular formula is C16H19BrN2O2. The van der Waals surface area contributed by atoms with E-state index in [1.54, 1.807) is 0 Å². The molecule has 0 fully saturated rings. The molecule has 21 heavy (non-hydrogen) atoms. The second-order valence-corrected chi connectivity index (χ2v) is 6.11. The Morgan fingerprint density at radius 2 is 2.14 bits per heavy atom. The molecule has 1 heterocycles. The van der Waals surface area contributed by atoms with Gasteiger partial charge < -0.3 is 15.8 Å². The first-order chi connectivity index (χ1) is 9.91. The van der Waals surface area contributed by atoms with Gasteiger partial charge in [0.2, 0.25) is 0 Å². The minimum atomic E-state index is -0.757. The number of fused-ring (bicyclic) bond motifs is 1. The molecule has 0 aromatic heterocycles. The molecule has 0 bridgehead atoms. The summed E-state index contributed by atoms with van der Waals surface area (Å²) < 4.78 is 5.15. The zero-order valence-corrected chi connectivity index (χ0v) is 13.7. The number of hydrogen-bond donors (Lipinski definition) is 2. The van der Waals surface area contributed by atoms with Gasteiger partial charge in [-0.25, -0.2) is 4.79 Å². The van der Waals surface area contributed by atoms with E-state index in [2.05, 4.69) is 33.4 Å². The lowest BCUT2D eigenvalue weighted by Crippen LogP contribution is -2.34. The van der Waals surface area contributed by atoms with Gasteiger partial charge in [-0.1, -0.05) is 40.2 Å². The minimum absolute atomic E-state index is 0.560. The summed E-state index contributed by atoms with van der Waals surface area (Å²) in [5, 5.41) is 4.15. The van der Waals surface area contributed by atoms with Crippen molar-refractivity contribution in [2.45, 2.75) is 25.9 Å². The average molecular weight is 351 g/mol. The van der Waals surface area contributed by atoms with Crippen LogP contribution in [0.2, 0.25) is 0 Å². The third kappa shape index (κ3) is 4.11. The number of hydrogen-bond acceptors (Lipinski definition) is 3.